The molecule has 2 aromatic rings. The average Bonchev–Trinajstić information content (AvgIpc) is 2.76. The second kappa shape index (κ2) is 6.67. The van der Waals surface area contributed by atoms with Crippen LogP contribution in [-0.4, -0.2) is 44.8 Å². The van der Waals surface area contributed by atoms with Crippen LogP contribution in [0.15, 0.2) is 35.5 Å². The van der Waals surface area contributed by atoms with Crippen LogP contribution in [0.3, 0.4) is 0 Å². The van der Waals surface area contributed by atoms with E-state index in [1.807, 2.05) is 0 Å². The van der Waals surface area contributed by atoms with Crippen molar-refractivity contribution in [2.75, 3.05) is 18.0 Å². The molecule has 116 valence electrons. The highest BCUT2D eigenvalue weighted by molar-refractivity contribution is 7.80. The minimum absolute atomic E-state index is 0.411. The topological polar surface area (TPSA) is 98.6 Å². The van der Waals surface area contributed by atoms with E-state index >= 15 is 0 Å². The maximum Gasteiger partial charge on any atom is 0.323 e. The summed E-state index contributed by atoms with van der Waals surface area (Å²) in [6.45, 7) is -0.821. The molecule has 22 heavy (non-hydrogen) atoms. The molecule has 0 aliphatic carbocycles. The maximum atomic E-state index is 10.9. The first-order valence-corrected chi connectivity index (χ1v) is 7.02. The number of aromatic nitrogens is 2. The normalized spacial score (nSPS) is 10.4. The van der Waals surface area contributed by atoms with Crippen LogP contribution in [0.2, 0.25) is 0 Å². The van der Waals surface area contributed by atoms with E-state index in [0.29, 0.717) is 21.2 Å². The van der Waals surface area contributed by atoms with Gasteiger partial charge < -0.3 is 20.1 Å². The van der Waals surface area contributed by atoms with E-state index in [1.54, 1.807) is 35.0 Å². The van der Waals surface area contributed by atoms with E-state index in [-0.39, 0.29) is 0 Å². The Labute approximate surface area is 136 Å². The van der Waals surface area contributed by atoms with E-state index in [2.05, 4.69) is 17.6 Å². The fourth-order valence-corrected chi connectivity index (χ4v) is 2.54. The van der Waals surface area contributed by atoms with Gasteiger partial charge in [-0.1, -0.05) is 6.07 Å². The number of benzene rings is 1. The fraction of sp³-hybridized carbons (Fsp3) is 0.154. The van der Waals surface area contributed by atoms with Crippen molar-refractivity contribution in [3.8, 4) is 5.69 Å². The summed E-state index contributed by atoms with van der Waals surface area (Å²) in [7, 11) is 0. The molecule has 7 nitrogen and oxygen atoms in total. The molecule has 0 unspecified atom stereocenters. The maximum absolute atomic E-state index is 10.9. The van der Waals surface area contributed by atoms with Crippen LogP contribution in [0.5, 0.6) is 0 Å². The fourth-order valence-electron chi connectivity index (χ4n) is 1.98. The molecule has 0 spiro atoms. The Balaban J connectivity index is 2.40. The highest BCUT2D eigenvalue weighted by Gasteiger charge is 2.15. The van der Waals surface area contributed by atoms with Gasteiger partial charge in [0.05, 0.1) is 5.03 Å². The van der Waals surface area contributed by atoms with E-state index in [0.717, 1.165) is 0 Å². The number of hydrogen-bond acceptors (Lipinski definition) is 5. The highest BCUT2D eigenvalue weighted by Crippen LogP contribution is 2.20. The van der Waals surface area contributed by atoms with Crippen molar-refractivity contribution in [3.05, 3.63) is 35.2 Å². The molecule has 1 heterocycles. The lowest BCUT2D eigenvalue weighted by atomic mass is 10.2. The van der Waals surface area contributed by atoms with Gasteiger partial charge in [-0.2, -0.15) is 0 Å². The number of carboxylic acids is 2. The summed E-state index contributed by atoms with van der Waals surface area (Å²) in [6.07, 6.45) is 1.68. The molecule has 0 fully saturated rings. The molecule has 0 radical (unpaired) electrons. The average molecular weight is 339 g/mol. The summed E-state index contributed by atoms with van der Waals surface area (Å²) in [4.78, 5) is 25.9. The number of carbonyl (C=O) groups is 2. The Kier molecular flexibility index (Phi) is 4.88. The number of aromatic amines is 1. The predicted molar refractivity (Wildman–Crippen MR) is 85.7 cm³/mol. The molecule has 0 bridgehead atoms. The number of nitrogens with one attached hydrogen (secondary N) is 1. The minimum Gasteiger partial charge on any atom is -0.480 e. The monoisotopic (exact) mass is 339 g/mol. The van der Waals surface area contributed by atoms with E-state index in [4.69, 9.17) is 22.4 Å². The third-order valence-electron chi connectivity index (χ3n) is 2.83. The summed E-state index contributed by atoms with van der Waals surface area (Å²) in [5, 5.41) is 18.4. The van der Waals surface area contributed by atoms with Crippen LogP contribution >= 0.6 is 24.8 Å². The molecule has 1 aromatic carbocycles. The van der Waals surface area contributed by atoms with Gasteiger partial charge in [0, 0.05) is 17.6 Å². The number of aliphatic carboxylic acids is 2. The Morgan fingerprint density at radius 3 is 2.41 bits per heavy atom. The molecule has 2 rings (SSSR count). The Morgan fingerprint density at radius 1 is 1.27 bits per heavy atom. The first-order valence-electron chi connectivity index (χ1n) is 6.16. The van der Waals surface area contributed by atoms with Gasteiger partial charge >= 0.3 is 11.9 Å². The Morgan fingerprint density at radius 2 is 1.91 bits per heavy atom. The first kappa shape index (κ1) is 16.1. The molecule has 9 heteroatoms. The number of H-pyrrole nitrogens is 1. The summed E-state index contributed by atoms with van der Waals surface area (Å²) in [5.41, 5.74) is 1.16. The number of hydrogen-bond donors (Lipinski definition) is 4. The molecule has 0 atom stereocenters. The van der Waals surface area contributed by atoms with Gasteiger partial charge in [0.1, 0.15) is 13.1 Å². The number of nitrogens with zero attached hydrogens (tertiary/aromatic N) is 2. The van der Waals surface area contributed by atoms with Gasteiger partial charge in [0.15, 0.2) is 4.77 Å². The molecule has 0 aliphatic rings. The summed E-state index contributed by atoms with van der Waals surface area (Å²) >= 11 is 9.33. The zero-order chi connectivity index (χ0) is 16.3. The standard InChI is InChI=1S/C13H13N3O4S2/c17-11(18)6-15(7-12(19)20)8-2-1-3-9(4-8)16-5-10(21)14-13(16)22/h1-5,21H,6-7H2,(H,14,22)(H,17,18)(H,19,20). The lowest BCUT2D eigenvalue weighted by molar-refractivity contribution is -0.136. The quantitative estimate of drug-likeness (QED) is 0.473. The van der Waals surface area contributed by atoms with Crippen LogP contribution in [0.25, 0.3) is 5.69 Å². The molecule has 3 N–H and O–H groups in total. The summed E-state index contributed by atoms with van der Waals surface area (Å²) < 4.78 is 2.10. The number of anilines is 1. The van der Waals surface area contributed by atoms with Crippen molar-refractivity contribution in [2.45, 2.75) is 5.03 Å². The van der Waals surface area contributed by atoms with E-state index in [9.17, 15) is 9.59 Å². The van der Waals surface area contributed by atoms with Crippen LogP contribution in [0.1, 0.15) is 0 Å². The van der Waals surface area contributed by atoms with Gasteiger partial charge in [0.25, 0.3) is 0 Å². The number of thiol groups is 1. The number of imidazole rings is 1. The van der Waals surface area contributed by atoms with Crippen LogP contribution in [0.4, 0.5) is 5.69 Å². The van der Waals surface area contributed by atoms with Gasteiger partial charge in [-0.05, 0) is 30.4 Å². The molecule has 0 saturated carbocycles. The van der Waals surface area contributed by atoms with Crippen LogP contribution in [0, 0.1) is 4.77 Å². The second-order valence-electron chi connectivity index (χ2n) is 4.48. The zero-order valence-corrected chi connectivity index (χ0v) is 13.0. The Bertz CT molecular complexity index is 753. The van der Waals surface area contributed by atoms with Crippen LogP contribution in [-0.2, 0) is 9.59 Å². The molecule has 0 saturated heterocycles. The number of rotatable bonds is 6. The lowest BCUT2D eigenvalue weighted by Crippen LogP contribution is -2.34. The molecule has 0 amide bonds. The van der Waals surface area contributed by atoms with Crippen molar-refractivity contribution in [3.63, 3.8) is 0 Å². The molecular formula is C13H13N3O4S2. The van der Waals surface area contributed by atoms with Gasteiger partial charge in [-0.25, -0.2) is 0 Å². The smallest absolute Gasteiger partial charge is 0.323 e. The first-order chi connectivity index (χ1) is 10.4. The van der Waals surface area contributed by atoms with Crippen molar-refractivity contribution < 1.29 is 19.8 Å². The zero-order valence-electron chi connectivity index (χ0n) is 11.3. The second-order valence-corrected chi connectivity index (χ2v) is 5.35. The molecule has 1 aromatic heterocycles. The summed E-state index contributed by atoms with van der Waals surface area (Å²) in [6, 6.07) is 6.80. The van der Waals surface area contributed by atoms with Crippen LogP contribution < -0.4 is 4.90 Å². The van der Waals surface area contributed by atoms with E-state index in [1.165, 1.54) is 4.90 Å². The number of carboxylic acid groups (broad SMARTS) is 2. The lowest BCUT2D eigenvalue weighted by Gasteiger charge is -2.21. The third-order valence-corrected chi connectivity index (χ3v) is 3.36. The largest absolute Gasteiger partial charge is 0.480 e. The van der Waals surface area contributed by atoms with Gasteiger partial charge in [-0.3, -0.25) is 14.2 Å². The summed E-state index contributed by atoms with van der Waals surface area (Å²) in [5.74, 6) is -2.22. The van der Waals surface area contributed by atoms with Gasteiger partial charge in [-0.15, -0.1) is 12.6 Å². The van der Waals surface area contributed by atoms with Crippen molar-refractivity contribution >= 4 is 42.5 Å². The molecular weight excluding hydrogens is 326 g/mol. The van der Waals surface area contributed by atoms with Gasteiger partial charge in [0.2, 0.25) is 0 Å². The predicted octanol–water partition coefficient (Wildman–Crippen LogP) is 1.80. The molecule has 0 aliphatic heterocycles. The van der Waals surface area contributed by atoms with Crippen molar-refractivity contribution in [2.24, 2.45) is 0 Å². The SMILES string of the molecule is O=C(O)CN(CC(=O)O)c1cccc(-n2cc(S)[nH]c2=S)c1. The van der Waals surface area contributed by atoms with E-state index < -0.39 is 25.0 Å². The van der Waals surface area contributed by atoms with Crippen molar-refractivity contribution in [1.82, 2.24) is 9.55 Å². The Hall–Kier alpha value is -2.26. The van der Waals surface area contributed by atoms with Crippen molar-refractivity contribution in [1.29, 1.82) is 0 Å². The highest BCUT2D eigenvalue weighted by atomic mass is 32.1. The third kappa shape index (κ3) is 3.89. The minimum atomic E-state index is -1.11.